The molecule has 53 heavy (non-hydrogen) atoms. The molecular weight excluding hydrogens is 732 g/mol. The molecule has 4 aromatic heterocycles. The zero-order valence-electron chi connectivity index (χ0n) is 30.6. The van der Waals surface area contributed by atoms with E-state index in [4.69, 9.17) is 25.8 Å². The standard InChI is InChI=1S/C24H26N4O3S.C15H17ClN2O2S/c1-4-24(23(29)31-5-2)7-6-16-19(10-24)32-22-20(16)21(26-13-27-22)28-17-8-14-11-25-12-15(14)9-18(17)30-3;1-3-15(14(19)20-4-2)6-5-9-10(7-15)21-13-11(9)12(16)17-8-18-13/h8-9,11,13H,4-7,10,12H2,1-3H3,(H,26,27,28);8H,3-7H2,1-2H3/t24-;15-/m00/s1. The summed E-state index contributed by atoms with van der Waals surface area (Å²) in [4.78, 5) is 51.3. The average Bonchev–Trinajstić information content (AvgIpc) is 3.89. The summed E-state index contributed by atoms with van der Waals surface area (Å²) in [5.74, 6) is 1.37. The number of nitrogens with zero attached hydrogens (tertiary/aromatic N) is 5. The van der Waals surface area contributed by atoms with Crippen LogP contribution in [0.25, 0.3) is 20.4 Å². The first-order valence-electron chi connectivity index (χ1n) is 18.2. The Bertz CT molecular complexity index is 2240. The van der Waals surface area contributed by atoms with Gasteiger partial charge in [-0.15, -0.1) is 22.7 Å². The smallest absolute Gasteiger partial charge is 0.312 e. The van der Waals surface area contributed by atoms with Crippen LogP contribution >= 0.6 is 34.3 Å². The fourth-order valence-electron chi connectivity index (χ4n) is 7.81. The SMILES string of the molecule is CCOC(=O)[C@@]1(CC)CCc2c(sc3ncnc(Cl)c23)C1.CCOC(=O)[C@@]1(CC)CCc2c(sc3ncnc(Nc4cc5c(cc4OC)CN=C5)c23)C1. The second-order valence-corrected chi connectivity index (χ2v) is 16.2. The molecule has 3 aliphatic rings. The van der Waals surface area contributed by atoms with E-state index in [1.807, 2.05) is 26.1 Å². The number of aromatic nitrogens is 4. The van der Waals surface area contributed by atoms with Crippen LogP contribution in [0.3, 0.4) is 0 Å². The molecule has 278 valence electrons. The lowest BCUT2D eigenvalue weighted by atomic mass is 9.72. The number of esters is 2. The van der Waals surface area contributed by atoms with Gasteiger partial charge in [-0.1, -0.05) is 25.4 Å². The van der Waals surface area contributed by atoms with Gasteiger partial charge in [0, 0.05) is 16.0 Å². The molecule has 1 aromatic carbocycles. The van der Waals surface area contributed by atoms with Crippen LogP contribution in [0.1, 0.15) is 85.4 Å². The number of rotatable bonds is 9. The Labute approximate surface area is 321 Å². The van der Waals surface area contributed by atoms with E-state index in [-0.39, 0.29) is 11.9 Å². The van der Waals surface area contributed by atoms with Crippen molar-refractivity contribution in [3.05, 3.63) is 61.9 Å². The first-order valence-corrected chi connectivity index (χ1v) is 20.2. The van der Waals surface area contributed by atoms with Crippen LogP contribution in [0.2, 0.25) is 5.15 Å². The second kappa shape index (κ2) is 15.3. The monoisotopic (exact) mass is 774 g/mol. The molecule has 14 heteroatoms. The van der Waals surface area contributed by atoms with Gasteiger partial charge >= 0.3 is 11.9 Å². The summed E-state index contributed by atoms with van der Waals surface area (Å²) in [6, 6.07) is 4.08. The number of anilines is 2. The van der Waals surface area contributed by atoms with Crippen molar-refractivity contribution >= 4 is 84.4 Å². The molecule has 2 aliphatic carbocycles. The van der Waals surface area contributed by atoms with Crippen molar-refractivity contribution in [2.75, 3.05) is 25.6 Å². The Morgan fingerprint density at radius 1 is 0.830 bits per heavy atom. The van der Waals surface area contributed by atoms with Crippen LogP contribution in [0.5, 0.6) is 5.75 Å². The predicted molar refractivity (Wildman–Crippen MR) is 210 cm³/mol. The summed E-state index contributed by atoms with van der Waals surface area (Å²) in [6.45, 7) is 9.37. The highest BCUT2D eigenvalue weighted by Crippen LogP contribution is 2.48. The largest absolute Gasteiger partial charge is 0.495 e. The number of fused-ring (bicyclic) bond motifs is 7. The predicted octanol–water partition coefficient (Wildman–Crippen LogP) is 8.62. The maximum atomic E-state index is 12.8. The minimum absolute atomic E-state index is 0.0761. The Morgan fingerprint density at radius 2 is 1.42 bits per heavy atom. The summed E-state index contributed by atoms with van der Waals surface area (Å²) < 4.78 is 16.4. The molecule has 11 nitrogen and oxygen atoms in total. The third-order valence-corrected chi connectivity index (χ3v) is 13.5. The number of carbonyl (C=O) groups is 2. The van der Waals surface area contributed by atoms with Crippen LogP contribution in [0.15, 0.2) is 29.8 Å². The Kier molecular flexibility index (Phi) is 10.7. The maximum Gasteiger partial charge on any atom is 0.312 e. The second-order valence-electron chi connectivity index (χ2n) is 13.7. The molecule has 0 spiro atoms. The zero-order valence-corrected chi connectivity index (χ0v) is 33.0. The maximum absolute atomic E-state index is 12.8. The van der Waals surface area contributed by atoms with Gasteiger partial charge in [0.1, 0.15) is 39.0 Å². The lowest BCUT2D eigenvalue weighted by Crippen LogP contribution is -2.37. The van der Waals surface area contributed by atoms with E-state index in [1.165, 1.54) is 27.2 Å². The quantitative estimate of drug-likeness (QED) is 0.114. The Balaban J connectivity index is 0.000000179. The van der Waals surface area contributed by atoms with Crippen molar-refractivity contribution in [3.63, 3.8) is 0 Å². The number of benzene rings is 1. The number of ether oxygens (including phenoxy) is 3. The minimum atomic E-state index is -0.451. The van der Waals surface area contributed by atoms with Crippen molar-refractivity contribution in [3.8, 4) is 5.75 Å². The topological polar surface area (TPSA) is 138 Å². The molecule has 0 bridgehead atoms. The Hall–Kier alpha value is -4.20. The van der Waals surface area contributed by atoms with Crippen LogP contribution < -0.4 is 10.1 Å². The molecule has 2 atom stereocenters. The number of hydrogen-bond acceptors (Lipinski definition) is 13. The highest BCUT2D eigenvalue weighted by atomic mass is 35.5. The van der Waals surface area contributed by atoms with Crippen LogP contribution in [-0.2, 0) is 51.3 Å². The third kappa shape index (κ3) is 6.76. The molecule has 1 aliphatic heterocycles. The van der Waals surface area contributed by atoms with Crippen molar-refractivity contribution in [1.82, 2.24) is 19.9 Å². The lowest BCUT2D eigenvalue weighted by Gasteiger charge is -2.33. The van der Waals surface area contributed by atoms with E-state index in [0.29, 0.717) is 31.3 Å². The van der Waals surface area contributed by atoms with Gasteiger partial charge in [-0.3, -0.25) is 14.6 Å². The van der Waals surface area contributed by atoms with E-state index in [2.05, 4.69) is 50.2 Å². The molecule has 5 aromatic rings. The summed E-state index contributed by atoms with van der Waals surface area (Å²) in [6.07, 6.45) is 11.1. The molecule has 0 radical (unpaired) electrons. The third-order valence-electron chi connectivity index (χ3n) is 11.0. The molecule has 0 saturated carbocycles. The highest BCUT2D eigenvalue weighted by molar-refractivity contribution is 7.19. The van der Waals surface area contributed by atoms with Gasteiger partial charge in [-0.2, -0.15) is 0 Å². The van der Waals surface area contributed by atoms with Crippen molar-refractivity contribution in [2.45, 2.75) is 85.6 Å². The number of nitrogens with one attached hydrogen (secondary N) is 1. The lowest BCUT2D eigenvalue weighted by molar-refractivity contribution is -0.157. The van der Waals surface area contributed by atoms with Crippen molar-refractivity contribution in [2.24, 2.45) is 15.8 Å². The summed E-state index contributed by atoms with van der Waals surface area (Å²) in [5, 5.41) is 6.00. The van der Waals surface area contributed by atoms with Gasteiger partial charge in [0.05, 0.1) is 54.2 Å². The van der Waals surface area contributed by atoms with Crippen molar-refractivity contribution < 1.29 is 23.8 Å². The molecule has 5 heterocycles. The first-order chi connectivity index (χ1) is 25.7. The van der Waals surface area contributed by atoms with Gasteiger partial charge in [0.25, 0.3) is 0 Å². The summed E-state index contributed by atoms with van der Waals surface area (Å²) in [7, 11) is 1.67. The number of aliphatic imine (C=N–C) groups is 1. The molecule has 8 rings (SSSR count). The number of carbonyl (C=O) groups excluding carboxylic acids is 2. The van der Waals surface area contributed by atoms with Gasteiger partial charge in [-0.25, -0.2) is 19.9 Å². The first kappa shape index (κ1) is 37.1. The number of hydrogen-bond donors (Lipinski definition) is 1. The summed E-state index contributed by atoms with van der Waals surface area (Å²) in [5.41, 5.74) is 4.70. The molecule has 0 fully saturated rings. The van der Waals surface area contributed by atoms with Gasteiger partial charge in [-0.05, 0) is 99.6 Å². The van der Waals surface area contributed by atoms with E-state index in [1.54, 1.807) is 36.1 Å². The normalized spacial score (nSPS) is 19.9. The Morgan fingerprint density at radius 3 is 2.00 bits per heavy atom. The van der Waals surface area contributed by atoms with Crippen LogP contribution in [0, 0.1) is 10.8 Å². The molecule has 1 N–H and O–H groups in total. The van der Waals surface area contributed by atoms with E-state index >= 15 is 0 Å². The molecule has 0 saturated heterocycles. The van der Waals surface area contributed by atoms with Gasteiger partial charge in [0.2, 0.25) is 0 Å². The fraction of sp³-hybridized carbons (Fsp3) is 0.462. The van der Waals surface area contributed by atoms with Crippen LogP contribution in [0.4, 0.5) is 11.5 Å². The summed E-state index contributed by atoms with van der Waals surface area (Å²) >= 11 is 9.50. The molecule has 0 unspecified atom stereocenters. The van der Waals surface area contributed by atoms with Crippen molar-refractivity contribution in [1.29, 1.82) is 0 Å². The van der Waals surface area contributed by atoms with Gasteiger partial charge in [0.15, 0.2) is 0 Å². The van der Waals surface area contributed by atoms with Gasteiger partial charge < -0.3 is 19.5 Å². The number of aryl methyl sites for hydroxylation is 2. The zero-order chi connectivity index (χ0) is 37.3. The highest BCUT2D eigenvalue weighted by Gasteiger charge is 2.44. The minimum Gasteiger partial charge on any atom is -0.495 e. The average molecular weight is 775 g/mol. The van der Waals surface area contributed by atoms with E-state index < -0.39 is 10.8 Å². The number of methoxy groups -OCH3 is 1. The van der Waals surface area contributed by atoms with E-state index in [9.17, 15) is 9.59 Å². The molecule has 0 amide bonds. The fourth-order valence-corrected chi connectivity index (χ4v) is 10.8. The number of halogens is 1. The van der Waals surface area contributed by atoms with Crippen LogP contribution in [-0.4, -0.2) is 58.4 Å². The molecular formula is C39H43ClN6O5S2. The number of thiophene rings is 2. The van der Waals surface area contributed by atoms with E-state index in [0.717, 1.165) is 93.8 Å².